The van der Waals surface area contributed by atoms with Gasteiger partial charge in [0.15, 0.2) is 0 Å². The van der Waals surface area contributed by atoms with E-state index < -0.39 is 23.9 Å². The Labute approximate surface area is 156 Å². The number of amides is 2. The van der Waals surface area contributed by atoms with Gasteiger partial charge in [-0.15, -0.1) is 0 Å². The van der Waals surface area contributed by atoms with Crippen molar-refractivity contribution in [1.29, 1.82) is 0 Å². The molecule has 0 aliphatic carbocycles. The summed E-state index contributed by atoms with van der Waals surface area (Å²) in [5, 5.41) is 5.23. The predicted octanol–water partition coefficient (Wildman–Crippen LogP) is 3.08. The Balaban J connectivity index is 1.67. The Morgan fingerprint density at radius 2 is 1.78 bits per heavy atom. The van der Waals surface area contributed by atoms with E-state index in [1.165, 1.54) is 24.3 Å². The van der Waals surface area contributed by atoms with Crippen LogP contribution in [-0.4, -0.2) is 25.2 Å². The topological polar surface area (TPSA) is 76.7 Å². The van der Waals surface area contributed by atoms with Gasteiger partial charge in [0, 0.05) is 5.70 Å². The van der Waals surface area contributed by atoms with E-state index in [0.29, 0.717) is 17.0 Å². The van der Waals surface area contributed by atoms with Gasteiger partial charge in [-0.2, -0.15) is 0 Å². The van der Waals surface area contributed by atoms with Gasteiger partial charge < -0.3 is 20.1 Å². The van der Waals surface area contributed by atoms with E-state index in [4.69, 9.17) is 9.47 Å². The van der Waals surface area contributed by atoms with Crippen molar-refractivity contribution in [3.05, 3.63) is 77.2 Å². The highest BCUT2D eigenvalue weighted by Gasteiger charge is 2.32. The Kier molecular flexibility index (Phi) is 5.71. The van der Waals surface area contributed by atoms with Gasteiger partial charge in [0.1, 0.15) is 24.8 Å². The SMILES string of the molecule is CC1=C(C(=O)OCCOc2ccccc2)C(c2ccc(F)cc2)NC(=O)N1. The number of urea groups is 1. The van der Waals surface area contributed by atoms with Crippen LogP contribution in [0.1, 0.15) is 18.5 Å². The molecule has 0 radical (unpaired) electrons. The van der Waals surface area contributed by atoms with Gasteiger partial charge in [-0.1, -0.05) is 30.3 Å². The molecule has 27 heavy (non-hydrogen) atoms. The zero-order chi connectivity index (χ0) is 19.2. The lowest BCUT2D eigenvalue weighted by Crippen LogP contribution is -2.45. The minimum atomic E-state index is -0.720. The molecule has 1 aliphatic rings. The van der Waals surface area contributed by atoms with E-state index in [1.54, 1.807) is 19.1 Å². The second-order valence-corrected chi connectivity index (χ2v) is 5.92. The Morgan fingerprint density at radius 3 is 2.48 bits per heavy atom. The van der Waals surface area contributed by atoms with Crippen molar-refractivity contribution in [1.82, 2.24) is 10.6 Å². The van der Waals surface area contributed by atoms with E-state index in [9.17, 15) is 14.0 Å². The molecule has 6 nitrogen and oxygen atoms in total. The summed E-state index contributed by atoms with van der Waals surface area (Å²) >= 11 is 0. The second-order valence-electron chi connectivity index (χ2n) is 5.92. The van der Waals surface area contributed by atoms with E-state index >= 15 is 0 Å². The summed E-state index contributed by atoms with van der Waals surface area (Å²) in [6.45, 7) is 1.87. The van der Waals surface area contributed by atoms with Crippen molar-refractivity contribution in [3.63, 3.8) is 0 Å². The quantitative estimate of drug-likeness (QED) is 0.605. The average Bonchev–Trinajstić information content (AvgIpc) is 2.66. The number of nitrogens with one attached hydrogen (secondary N) is 2. The predicted molar refractivity (Wildman–Crippen MR) is 96.4 cm³/mol. The van der Waals surface area contributed by atoms with Crippen LogP contribution >= 0.6 is 0 Å². The number of para-hydroxylation sites is 1. The van der Waals surface area contributed by atoms with Crippen molar-refractivity contribution < 1.29 is 23.5 Å². The highest BCUT2D eigenvalue weighted by molar-refractivity contribution is 5.95. The molecule has 3 rings (SSSR count). The second kappa shape index (κ2) is 8.35. The Bertz CT molecular complexity index is 850. The molecule has 0 aromatic heterocycles. The van der Waals surface area contributed by atoms with E-state index in [-0.39, 0.29) is 18.8 Å². The fraction of sp³-hybridized carbons (Fsp3) is 0.200. The van der Waals surface area contributed by atoms with Crippen LogP contribution in [0, 0.1) is 5.82 Å². The lowest BCUT2D eigenvalue weighted by atomic mass is 9.95. The molecule has 1 aliphatic heterocycles. The molecule has 0 saturated heterocycles. The molecule has 140 valence electrons. The van der Waals surface area contributed by atoms with Crippen molar-refractivity contribution in [3.8, 4) is 5.75 Å². The van der Waals surface area contributed by atoms with E-state index in [1.807, 2.05) is 18.2 Å². The number of hydrogen-bond donors (Lipinski definition) is 2. The molecule has 1 heterocycles. The number of carbonyl (C=O) groups is 2. The Hall–Kier alpha value is -3.35. The summed E-state index contributed by atoms with van der Waals surface area (Å²) in [5.74, 6) is -0.299. The first-order valence-corrected chi connectivity index (χ1v) is 8.43. The smallest absolute Gasteiger partial charge is 0.338 e. The lowest BCUT2D eigenvalue weighted by molar-refractivity contribution is -0.140. The molecule has 1 atom stereocenters. The molecule has 2 amide bonds. The van der Waals surface area contributed by atoms with Crippen LogP contribution in [-0.2, 0) is 9.53 Å². The standard InChI is InChI=1S/C20H19FN2O4/c1-13-17(19(24)27-12-11-26-16-5-3-2-4-6-16)18(23-20(25)22-13)14-7-9-15(21)10-8-14/h2-10,18H,11-12H2,1H3,(H2,22,23,25). The van der Waals surface area contributed by atoms with E-state index in [0.717, 1.165) is 0 Å². The minimum Gasteiger partial charge on any atom is -0.490 e. The number of esters is 1. The summed E-state index contributed by atoms with van der Waals surface area (Å²) in [5.41, 5.74) is 1.24. The number of halogens is 1. The third kappa shape index (κ3) is 4.63. The highest BCUT2D eigenvalue weighted by Crippen LogP contribution is 2.27. The molecule has 2 aromatic rings. The highest BCUT2D eigenvalue weighted by atomic mass is 19.1. The van der Waals surface area contributed by atoms with Crippen molar-refractivity contribution >= 4 is 12.0 Å². The molecular weight excluding hydrogens is 351 g/mol. The number of rotatable bonds is 6. The fourth-order valence-corrected chi connectivity index (χ4v) is 2.76. The van der Waals surface area contributed by atoms with Crippen LogP contribution in [0.2, 0.25) is 0 Å². The monoisotopic (exact) mass is 370 g/mol. The largest absolute Gasteiger partial charge is 0.490 e. The van der Waals surface area contributed by atoms with Crippen LogP contribution < -0.4 is 15.4 Å². The van der Waals surface area contributed by atoms with Crippen LogP contribution in [0.4, 0.5) is 9.18 Å². The first-order valence-electron chi connectivity index (χ1n) is 8.43. The molecule has 2 N–H and O–H groups in total. The molecule has 7 heteroatoms. The van der Waals surface area contributed by atoms with E-state index in [2.05, 4.69) is 10.6 Å². The van der Waals surface area contributed by atoms with Crippen molar-refractivity contribution in [2.24, 2.45) is 0 Å². The van der Waals surface area contributed by atoms with Crippen molar-refractivity contribution in [2.75, 3.05) is 13.2 Å². The minimum absolute atomic E-state index is 0.0502. The average molecular weight is 370 g/mol. The summed E-state index contributed by atoms with van der Waals surface area (Å²) in [7, 11) is 0. The fourth-order valence-electron chi connectivity index (χ4n) is 2.76. The first-order chi connectivity index (χ1) is 13.0. The molecule has 1 unspecified atom stereocenters. The first kappa shape index (κ1) is 18.4. The molecule has 0 fully saturated rings. The van der Waals surface area contributed by atoms with Crippen LogP contribution in [0.15, 0.2) is 65.9 Å². The molecular formula is C20H19FN2O4. The van der Waals surface area contributed by atoms with Gasteiger partial charge in [-0.25, -0.2) is 14.0 Å². The van der Waals surface area contributed by atoms with Gasteiger partial charge >= 0.3 is 12.0 Å². The number of ether oxygens (including phenoxy) is 2. The number of allylic oxidation sites excluding steroid dienone is 1. The van der Waals surface area contributed by atoms with Crippen LogP contribution in [0.25, 0.3) is 0 Å². The summed E-state index contributed by atoms with van der Waals surface area (Å²) in [6, 6.07) is 13.6. The summed E-state index contributed by atoms with van der Waals surface area (Å²) in [6.07, 6.45) is 0. The van der Waals surface area contributed by atoms with Crippen LogP contribution in [0.5, 0.6) is 5.75 Å². The third-order valence-electron chi connectivity index (χ3n) is 4.02. The zero-order valence-corrected chi connectivity index (χ0v) is 14.7. The maximum Gasteiger partial charge on any atom is 0.338 e. The van der Waals surface area contributed by atoms with Gasteiger partial charge in [0.05, 0.1) is 11.6 Å². The van der Waals surface area contributed by atoms with Gasteiger partial charge in [-0.05, 0) is 36.8 Å². The number of carbonyl (C=O) groups excluding carboxylic acids is 2. The van der Waals surface area contributed by atoms with Crippen molar-refractivity contribution in [2.45, 2.75) is 13.0 Å². The van der Waals surface area contributed by atoms with Gasteiger partial charge in [0.2, 0.25) is 0 Å². The maximum absolute atomic E-state index is 13.2. The molecule has 2 aromatic carbocycles. The normalized spacial score (nSPS) is 16.4. The van der Waals surface area contributed by atoms with Gasteiger partial charge in [0.25, 0.3) is 0 Å². The summed E-state index contributed by atoms with van der Waals surface area (Å²) in [4.78, 5) is 24.4. The number of benzene rings is 2. The van der Waals surface area contributed by atoms with Gasteiger partial charge in [-0.3, -0.25) is 0 Å². The number of hydrogen-bond acceptors (Lipinski definition) is 4. The van der Waals surface area contributed by atoms with Crippen LogP contribution in [0.3, 0.4) is 0 Å². The molecule has 0 saturated carbocycles. The molecule has 0 spiro atoms. The summed E-state index contributed by atoms with van der Waals surface area (Å²) < 4.78 is 24.0. The lowest BCUT2D eigenvalue weighted by Gasteiger charge is -2.28. The third-order valence-corrected chi connectivity index (χ3v) is 4.02. The zero-order valence-electron chi connectivity index (χ0n) is 14.7. The maximum atomic E-state index is 13.2. The Morgan fingerprint density at radius 1 is 1.07 bits per heavy atom. The molecule has 0 bridgehead atoms.